The van der Waals surface area contributed by atoms with Crippen molar-refractivity contribution in [1.29, 1.82) is 0 Å². The number of ether oxygens (including phenoxy) is 2. The van der Waals surface area contributed by atoms with Gasteiger partial charge in [0.1, 0.15) is 17.1 Å². The summed E-state index contributed by atoms with van der Waals surface area (Å²) in [5.74, 6) is 0.614. The summed E-state index contributed by atoms with van der Waals surface area (Å²) in [5.41, 5.74) is 3.03. The smallest absolute Gasteiger partial charge is 0.493 e. The molecule has 0 spiro atoms. The highest BCUT2D eigenvalue weighted by atomic mass is 19.4. The molecule has 2 aliphatic rings. The molecule has 0 aliphatic carbocycles. The van der Waals surface area contributed by atoms with Gasteiger partial charge in [-0.1, -0.05) is 0 Å². The zero-order chi connectivity index (χ0) is 27.7. The number of pyridine rings is 2. The molecule has 40 heavy (non-hydrogen) atoms. The third-order valence-electron chi connectivity index (χ3n) is 8.08. The van der Waals surface area contributed by atoms with Crippen LogP contribution in [0.4, 0.5) is 13.2 Å². The first-order chi connectivity index (χ1) is 19.4. The molecule has 0 radical (unpaired) electrons. The number of benzene rings is 1. The van der Waals surface area contributed by atoms with Gasteiger partial charge in [-0.15, -0.1) is 13.2 Å². The number of aromatic amines is 1. The van der Waals surface area contributed by atoms with E-state index in [4.69, 9.17) is 4.74 Å². The standard InChI is InChI=1S/C29H30F3N5O3/c30-29(31,32)40-22-5-3-21(4-6-22)39-17-20-2-1-13-37(18-38)28(20)36-14-9-19(10-15-36)23-7-11-33-25-16-35-27-24(26(23)25)8-12-34-27/h3-8,11-12,16,18-20,28H,1-2,9-10,13-15,17H2,(H,34,35). The lowest BCUT2D eigenvalue weighted by Gasteiger charge is -2.47. The quantitative estimate of drug-likeness (QED) is 0.306. The Hall–Kier alpha value is -3.86. The van der Waals surface area contributed by atoms with Gasteiger partial charge in [0.2, 0.25) is 6.41 Å². The van der Waals surface area contributed by atoms with Gasteiger partial charge < -0.3 is 19.4 Å². The van der Waals surface area contributed by atoms with Crippen LogP contribution in [0.1, 0.15) is 37.2 Å². The summed E-state index contributed by atoms with van der Waals surface area (Å²) >= 11 is 0. The summed E-state index contributed by atoms with van der Waals surface area (Å²) in [4.78, 5) is 28.5. The molecule has 1 amide bonds. The van der Waals surface area contributed by atoms with Crippen LogP contribution in [0.25, 0.3) is 21.9 Å². The van der Waals surface area contributed by atoms with Crippen molar-refractivity contribution < 1.29 is 27.4 Å². The lowest BCUT2D eigenvalue weighted by atomic mass is 9.85. The maximum atomic E-state index is 12.5. The number of likely N-dealkylation sites (tertiary alicyclic amines) is 2. The number of carbonyl (C=O) groups excluding carboxylic acids is 1. The number of aromatic nitrogens is 3. The minimum Gasteiger partial charge on any atom is -0.493 e. The Kier molecular flexibility index (Phi) is 7.22. The average molecular weight is 554 g/mol. The molecule has 2 aliphatic heterocycles. The Morgan fingerprint density at radius 1 is 1.00 bits per heavy atom. The predicted molar refractivity (Wildman–Crippen MR) is 143 cm³/mol. The number of alkyl halides is 3. The van der Waals surface area contributed by atoms with E-state index < -0.39 is 6.36 Å². The van der Waals surface area contributed by atoms with Crippen LogP contribution in [0.3, 0.4) is 0 Å². The van der Waals surface area contributed by atoms with Gasteiger partial charge in [0.15, 0.2) is 0 Å². The van der Waals surface area contributed by atoms with E-state index >= 15 is 0 Å². The van der Waals surface area contributed by atoms with Crippen molar-refractivity contribution in [2.45, 2.75) is 44.1 Å². The first-order valence-corrected chi connectivity index (χ1v) is 13.5. The van der Waals surface area contributed by atoms with Gasteiger partial charge in [0.25, 0.3) is 0 Å². The molecule has 4 aromatic rings. The van der Waals surface area contributed by atoms with E-state index in [1.807, 2.05) is 23.5 Å². The molecule has 11 heteroatoms. The van der Waals surface area contributed by atoms with E-state index in [2.05, 4.69) is 36.7 Å². The van der Waals surface area contributed by atoms with Gasteiger partial charge >= 0.3 is 6.36 Å². The number of hydrogen-bond donors (Lipinski definition) is 1. The number of nitrogens with one attached hydrogen (secondary N) is 1. The van der Waals surface area contributed by atoms with Gasteiger partial charge in [-0.05, 0) is 73.6 Å². The van der Waals surface area contributed by atoms with Crippen LogP contribution in [-0.2, 0) is 4.79 Å². The molecular formula is C29H30F3N5O3. The molecule has 210 valence electrons. The van der Waals surface area contributed by atoms with Crippen molar-refractivity contribution in [2.24, 2.45) is 5.92 Å². The number of rotatable bonds is 7. The Morgan fingerprint density at radius 2 is 1.77 bits per heavy atom. The number of piperidine rings is 2. The number of fused-ring (bicyclic) bond motifs is 3. The highest BCUT2D eigenvalue weighted by Crippen LogP contribution is 2.37. The van der Waals surface area contributed by atoms with Crippen LogP contribution >= 0.6 is 0 Å². The van der Waals surface area contributed by atoms with E-state index in [0.717, 1.165) is 67.1 Å². The SMILES string of the molecule is O=CN1CCCC(COc2ccc(OC(F)(F)F)cc2)C1N1CCC(c2ccnc3cnc4[nH]ccc4c23)CC1. The Morgan fingerprint density at radius 3 is 2.52 bits per heavy atom. The van der Waals surface area contributed by atoms with Crippen LogP contribution in [0.15, 0.2) is 55.0 Å². The van der Waals surface area contributed by atoms with E-state index in [1.54, 1.807) is 0 Å². The predicted octanol–water partition coefficient (Wildman–Crippen LogP) is 5.46. The molecule has 6 rings (SSSR count). The molecule has 2 unspecified atom stereocenters. The zero-order valence-corrected chi connectivity index (χ0v) is 21.8. The topological polar surface area (TPSA) is 83.6 Å². The zero-order valence-electron chi connectivity index (χ0n) is 21.8. The second-order valence-corrected chi connectivity index (χ2v) is 10.5. The number of nitrogens with zero attached hydrogens (tertiary/aromatic N) is 4. The molecule has 3 aromatic heterocycles. The van der Waals surface area contributed by atoms with Crippen LogP contribution in [0.5, 0.6) is 11.5 Å². The van der Waals surface area contributed by atoms with Crippen molar-refractivity contribution in [2.75, 3.05) is 26.2 Å². The second kappa shape index (κ2) is 11.0. The van der Waals surface area contributed by atoms with Gasteiger partial charge in [0, 0.05) is 48.7 Å². The van der Waals surface area contributed by atoms with Crippen LogP contribution in [0.2, 0.25) is 0 Å². The van der Waals surface area contributed by atoms with E-state index in [9.17, 15) is 18.0 Å². The first-order valence-electron chi connectivity index (χ1n) is 13.5. The molecule has 2 atom stereocenters. The third kappa shape index (κ3) is 5.42. The fourth-order valence-corrected chi connectivity index (χ4v) is 6.32. The fourth-order valence-electron chi connectivity index (χ4n) is 6.32. The fraction of sp³-hybridized carbons (Fsp3) is 0.414. The minimum atomic E-state index is -4.74. The maximum absolute atomic E-state index is 12.5. The number of amides is 1. The molecule has 2 saturated heterocycles. The number of H-pyrrole nitrogens is 1. The molecule has 8 nitrogen and oxygen atoms in total. The van der Waals surface area contributed by atoms with Crippen molar-refractivity contribution in [3.63, 3.8) is 0 Å². The van der Waals surface area contributed by atoms with Crippen molar-refractivity contribution in [1.82, 2.24) is 24.8 Å². The molecule has 5 heterocycles. The molecule has 1 aromatic carbocycles. The number of halogens is 3. The molecule has 0 bridgehead atoms. The van der Waals surface area contributed by atoms with Crippen LogP contribution < -0.4 is 9.47 Å². The van der Waals surface area contributed by atoms with Gasteiger partial charge in [-0.3, -0.25) is 14.7 Å². The normalized spacial score (nSPS) is 21.1. The lowest BCUT2D eigenvalue weighted by molar-refractivity contribution is -0.274. The molecule has 0 saturated carbocycles. The van der Waals surface area contributed by atoms with Crippen molar-refractivity contribution in [3.8, 4) is 11.5 Å². The maximum Gasteiger partial charge on any atom is 0.573 e. The largest absolute Gasteiger partial charge is 0.573 e. The third-order valence-corrected chi connectivity index (χ3v) is 8.08. The number of carbonyl (C=O) groups is 1. The summed E-state index contributed by atoms with van der Waals surface area (Å²) in [6.07, 6.45) is 5.36. The monoisotopic (exact) mass is 553 g/mol. The summed E-state index contributed by atoms with van der Waals surface area (Å²) in [6, 6.07) is 9.59. The highest BCUT2D eigenvalue weighted by molar-refractivity contribution is 6.05. The van der Waals surface area contributed by atoms with E-state index in [1.165, 1.54) is 29.8 Å². The Bertz CT molecular complexity index is 1470. The number of hydrogen-bond acceptors (Lipinski definition) is 6. The van der Waals surface area contributed by atoms with Crippen LogP contribution in [0, 0.1) is 5.92 Å². The van der Waals surface area contributed by atoms with Gasteiger partial charge in [-0.25, -0.2) is 4.98 Å². The van der Waals surface area contributed by atoms with Gasteiger partial charge in [-0.2, -0.15) is 0 Å². The van der Waals surface area contributed by atoms with E-state index in [-0.39, 0.29) is 17.8 Å². The van der Waals surface area contributed by atoms with Crippen molar-refractivity contribution >= 4 is 28.3 Å². The van der Waals surface area contributed by atoms with Crippen LogP contribution in [-0.4, -0.2) is 69.9 Å². The highest BCUT2D eigenvalue weighted by Gasteiger charge is 2.38. The minimum absolute atomic E-state index is 0.0777. The Balaban J connectivity index is 1.14. The molecule has 2 fully saturated rings. The average Bonchev–Trinajstić information content (AvgIpc) is 3.45. The molecular weight excluding hydrogens is 523 g/mol. The molecule has 1 N–H and O–H groups in total. The summed E-state index contributed by atoms with van der Waals surface area (Å²) < 4.78 is 47.3. The van der Waals surface area contributed by atoms with Gasteiger partial charge in [0.05, 0.1) is 24.5 Å². The summed E-state index contributed by atoms with van der Waals surface area (Å²) in [6.45, 7) is 2.74. The van der Waals surface area contributed by atoms with E-state index in [0.29, 0.717) is 24.8 Å². The lowest BCUT2D eigenvalue weighted by Crippen LogP contribution is -2.57. The Labute approximate surface area is 229 Å². The van der Waals surface area contributed by atoms with Crippen molar-refractivity contribution in [3.05, 3.63) is 60.6 Å². The second-order valence-electron chi connectivity index (χ2n) is 10.5. The first kappa shape index (κ1) is 26.4. The summed E-state index contributed by atoms with van der Waals surface area (Å²) in [5, 5.41) is 2.23. The summed E-state index contributed by atoms with van der Waals surface area (Å²) in [7, 11) is 0.